The fraction of sp³-hybridized carbons (Fsp3) is 0.0667. The molecule has 1 N–H and O–H groups in total. The lowest BCUT2D eigenvalue weighted by Gasteiger charge is -2.09. The largest absolute Gasteiger partial charge is 0.329 e. The van der Waals surface area contributed by atoms with E-state index in [2.05, 4.69) is 18.1 Å². The van der Waals surface area contributed by atoms with Crippen LogP contribution < -0.4 is 11.2 Å². The summed E-state index contributed by atoms with van der Waals surface area (Å²) in [6.07, 6.45) is 5.07. The quantitative estimate of drug-likeness (QED) is 0.848. The summed E-state index contributed by atoms with van der Waals surface area (Å²) in [6.45, 7) is 7.66. The van der Waals surface area contributed by atoms with Gasteiger partial charge in [0, 0.05) is 0 Å². The molecule has 0 unspecified atom stereocenters. The van der Waals surface area contributed by atoms with Gasteiger partial charge in [-0.05, 0) is 17.7 Å². The molecular formula is C15H14N2O2. The second kappa shape index (κ2) is 5.35. The van der Waals surface area contributed by atoms with E-state index in [1.807, 2.05) is 0 Å². The number of para-hydroxylation sites is 1. The van der Waals surface area contributed by atoms with Gasteiger partial charge in [0.15, 0.2) is 0 Å². The van der Waals surface area contributed by atoms with Crippen LogP contribution in [0.1, 0.15) is 0 Å². The third-order valence-corrected chi connectivity index (χ3v) is 2.84. The molecule has 0 radical (unpaired) electrons. The van der Waals surface area contributed by atoms with Gasteiger partial charge in [0.05, 0.1) is 17.4 Å². The normalized spacial score (nSPS) is 11.5. The zero-order chi connectivity index (χ0) is 13.8. The summed E-state index contributed by atoms with van der Waals surface area (Å²) in [5.41, 5.74) is 0.646. The minimum Gasteiger partial charge on any atom is -0.289 e. The number of benzene rings is 1. The highest BCUT2D eigenvalue weighted by Crippen LogP contribution is 2.09. The van der Waals surface area contributed by atoms with Gasteiger partial charge in [-0.1, -0.05) is 43.5 Å². The van der Waals surface area contributed by atoms with E-state index in [4.69, 9.17) is 0 Å². The summed E-state index contributed by atoms with van der Waals surface area (Å²) in [5, 5.41) is 0.490. The van der Waals surface area contributed by atoms with Crippen molar-refractivity contribution in [1.82, 2.24) is 9.55 Å². The lowest BCUT2D eigenvalue weighted by molar-refractivity contribution is 0.756. The molecule has 0 aliphatic heterocycles. The van der Waals surface area contributed by atoms with Crippen molar-refractivity contribution >= 4 is 10.9 Å². The summed E-state index contributed by atoms with van der Waals surface area (Å²) >= 11 is 0. The third-order valence-electron chi connectivity index (χ3n) is 2.84. The average Bonchev–Trinajstić information content (AvgIpc) is 2.42. The molecule has 0 bridgehead atoms. The molecule has 0 aliphatic carbocycles. The number of rotatable bonds is 4. The second-order valence-electron chi connectivity index (χ2n) is 4.04. The van der Waals surface area contributed by atoms with Gasteiger partial charge in [-0.25, -0.2) is 4.79 Å². The number of hydrogen-bond acceptors (Lipinski definition) is 2. The van der Waals surface area contributed by atoms with E-state index >= 15 is 0 Å². The summed E-state index contributed by atoms with van der Waals surface area (Å²) in [5.74, 6) is 0. The van der Waals surface area contributed by atoms with Crippen LogP contribution in [0.5, 0.6) is 0 Å². The smallest absolute Gasteiger partial charge is 0.289 e. The highest BCUT2D eigenvalue weighted by Gasteiger charge is 2.06. The predicted octanol–water partition coefficient (Wildman–Crippen LogP) is 1.99. The molecule has 0 fully saturated rings. The number of nitrogens with one attached hydrogen (secondary N) is 1. The highest BCUT2D eigenvalue weighted by atomic mass is 16.2. The van der Waals surface area contributed by atoms with Crippen molar-refractivity contribution in [1.29, 1.82) is 0 Å². The van der Waals surface area contributed by atoms with Crippen LogP contribution in [0.15, 0.2) is 70.8 Å². The SMILES string of the molecule is C=CC=C(C=C)Cn1c(=O)[nH]c(=O)c2ccccc21. The van der Waals surface area contributed by atoms with Crippen LogP contribution in [-0.4, -0.2) is 9.55 Å². The van der Waals surface area contributed by atoms with E-state index in [-0.39, 0.29) is 5.56 Å². The highest BCUT2D eigenvalue weighted by molar-refractivity contribution is 5.77. The van der Waals surface area contributed by atoms with E-state index in [0.717, 1.165) is 5.57 Å². The Bertz CT molecular complexity index is 779. The fourth-order valence-electron chi connectivity index (χ4n) is 1.92. The monoisotopic (exact) mass is 254 g/mol. The van der Waals surface area contributed by atoms with Crippen LogP contribution in [0, 0.1) is 0 Å². The summed E-state index contributed by atoms with van der Waals surface area (Å²) in [7, 11) is 0. The molecule has 1 aromatic carbocycles. The molecule has 96 valence electrons. The first-order valence-electron chi connectivity index (χ1n) is 5.83. The lowest BCUT2D eigenvalue weighted by atomic mass is 10.2. The number of allylic oxidation sites excluding steroid dienone is 4. The number of fused-ring (bicyclic) bond motifs is 1. The van der Waals surface area contributed by atoms with Crippen molar-refractivity contribution in [3.05, 3.63) is 82.1 Å². The van der Waals surface area contributed by atoms with E-state index in [1.165, 1.54) is 4.57 Å². The molecule has 2 rings (SSSR count). The van der Waals surface area contributed by atoms with Gasteiger partial charge < -0.3 is 0 Å². The molecule has 4 heteroatoms. The van der Waals surface area contributed by atoms with Gasteiger partial charge >= 0.3 is 5.69 Å². The maximum atomic E-state index is 11.9. The van der Waals surface area contributed by atoms with Crippen LogP contribution in [0.4, 0.5) is 0 Å². The number of H-pyrrole nitrogens is 1. The molecule has 2 aromatic rings. The van der Waals surface area contributed by atoms with Crippen molar-refractivity contribution < 1.29 is 0 Å². The number of aromatic nitrogens is 2. The Balaban J connectivity index is 2.70. The molecule has 0 saturated carbocycles. The second-order valence-corrected chi connectivity index (χ2v) is 4.04. The van der Waals surface area contributed by atoms with E-state index in [0.29, 0.717) is 17.4 Å². The van der Waals surface area contributed by atoms with E-state index < -0.39 is 5.69 Å². The van der Waals surface area contributed by atoms with E-state index in [1.54, 1.807) is 42.5 Å². The Morgan fingerprint density at radius 1 is 1.26 bits per heavy atom. The van der Waals surface area contributed by atoms with Gasteiger partial charge in [-0.15, -0.1) is 0 Å². The Kier molecular flexibility index (Phi) is 3.61. The first kappa shape index (κ1) is 12.8. The zero-order valence-corrected chi connectivity index (χ0v) is 10.4. The molecule has 4 nitrogen and oxygen atoms in total. The molecule has 1 heterocycles. The van der Waals surface area contributed by atoms with Crippen molar-refractivity contribution in [3.63, 3.8) is 0 Å². The first-order valence-corrected chi connectivity index (χ1v) is 5.83. The number of aromatic amines is 1. The first-order chi connectivity index (χ1) is 9.17. The molecular weight excluding hydrogens is 240 g/mol. The van der Waals surface area contributed by atoms with Crippen molar-refractivity contribution in [3.8, 4) is 0 Å². The fourth-order valence-corrected chi connectivity index (χ4v) is 1.92. The van der Waals surface area contributed by atoms with Crippen LogP contribution >= 0.6 is 0 Å². The lowest BCUT2D eigenvalue weighted by Crippen LogP contribution is -2.30. The Labute approximate surface area is 110 Å². The van der Waals surface area contributed by atoms with Gasteiger partial charge in [-0.2, -0.15) is 0 Å². The van der Waals surface area contributed by atoms with Gasteiger partial charge in [0.2, 0.25) is 0 Å². The third kappa shape index (κ3) is 2.47. The van der Waals surface area contributed by atoms with Gasteiger partial charge in [-0.3, -0.25) is 14.3 Å². The molecule has 0 aliphatic rings. The average molecular weight is 254 g/mol. The molecule has 0 atom stereocenters. The molecule has 0 amide bonds. The van der Waals surface area contributed by atoms with E-state index in [9.17, 15) is 9.59 Å². The maximum Gasteiger partial charge on any atom is 0.329 e. The Hall–Kier alpha value is -2.62. The molecule has 0 saturated heterocycles. The standard InChI is InChI=1S/C15H14N2O2/c1-3-7-11(4-2)10-17-13-9-6-5-8-12(13)14(18)16-15(17)19/h3-9H,1-2,10H2,(H,16,18,19). The Morgan fingerprint density at radius 2 is 2.00 bits per heavy atom. The van der Waals surface area contributed by atoms with Crippen molar-refractivity contribution in [2.75, 3.05) is 0 Å². The summed E-state index contributed by atoms with van der Waals surface area (Å²) in [4.78, 5) is 26.0. The number of hydrogen-bond donors (Lipinski definition) is 1. The van der Waals surface area contributed by atoms with Gasteiger partial charge in [0.25, 0.3) is 5.56 Å². The van der Waals surface area contributed by atoms with Crippen molar-refractivity contribution in [2.24, 2.45) is 0 Å². The molecule has 0 spiro atoms. The van der Waals surface area contributed by atoms with Crippen molar-refractivity contribution in [2.45, 2.75) is 6.54 Å². The summed E-state index contributed by atoms with van der Waals surface area (Å²) in [6, 6.07) is 7.00. The number of nitrogens with zero attached hydrogens (tertiary/aromatic N) is 1. The molecule has 1 aromatic heterocycles. The topological polar surface area (TPSA) is 54.9 Å². The summed E-state index contributed by atoms with van der Waals surface area (Å²) < 4.78 is 1.51. The maximum absolute atomic E-state index is 11.9. The Morgan fingerprint density at radius 3 is 2.68 bits per heavy atom. The minimum absolute atomic E-state index is 0.339. The zero-order valence-electron chi connectivity index (χ0n) is 10.4. The molecule has 19 heavy (non-hydrogen) atoms. The van der Waals surface area contributed by atoms with Crippen LogP contribution in [-0.2, 0) is 6.54 Å². The minimum atomic E-state index is -0.430. The van der Waals surface area contributed by atoms with Crippen LogP contribution in [0.3, 0.4) is 0 Å². The predicted molar refractivity (Wildman–Crippen MR) is 77.3 cm³/mol. The van der Waals surface area contributed by atoms with Gasteiger partial charge in [0.1, 0.15) is 0 Å². The van der Waals surface area contributed by atoms with Crippen LogP contribution in [0.2, 0.25) is 0 Å². The van der Waals surface area contributed by atoms with Crippen LogP contribution in [0.25, 0.3) is 10.9 Å².